The molecule has 0 aliphatic heterocycles. The smallest absolute Gasteiger partial charge is 0.237 e. The van der Waals surface area contributed by atoms with E-state index < -0.39 is 0 Å². The van der Waals surface area contributed by atoms with E-state index in [-0.39, 0.29) is 5.78 Å². The van der Waals surface area contributed by atoms with Crippen molar-refractivity contribution in [2.45, 2.75) is 11.6 Å². The summed E-state index contributed by atoms with van der Waals surface area (Å²) in [7, 11) is 0. The van der Waals surface area contributed by atoms with E-state index in [1.165, 1.54) is 0 Å². The Morgan fingerprint density at radius 2 is 1.60 bits per heavy atom. The number of carbonyl (C=O) groups is 1. The van der Waals surface area contributed by atoms with Gasteiger partial charge in [-0.2, -0.15) is 4.57 Å². The number of fused-ring (bicyclic) bond motifs is 1. The van der Waals surface area contributed by atoms with Crippen LogP contribution >= 0.6 is 12.6 Å². The fraction of sp³-hybridized carbons (Fsp3) is 0.0588. The Kier molecular flexibility index (Phi) is 3.52. The van der Waals surface area contributed by atoms with Gasteiger partial charge in [-0.3, -0.25) is 4.79 Å². The van der Waals surface area contributed by atoms with E-state index in [1.807, 2.05) is 71.3 Å². The molecule has 98 valence electrons. The SMILES string of the molecule is O=C(C[n+]1c(S)ccc2ccccc21)c1ccccc1. The van der Waals surface area contributed by atoms with Crippen molar-refractivity contribution in [3.8, 4) is 0 Å². The number of para-hydroxylation sites is 1. The maximum atomic E-state index is 12.4. The van der Waals surface area contributed by atoms with E-state index in [4.69, 9.17) is 0 Å². The number of hydrogen-bond acceptors (Lipinski definition) is 2. The minimum absolute atomic E-state index is 0.0854. The number of Topliss-reactive ketones (excluding diaryl/α,β-unsaturated/α-hetero) is 1. The predicted octanol–water partition coefficient (Wildman–Crippen LogP) is 3.30. The van der Waals surface area contributed by atoms with E-state index in [9.17, 15) is 4.79 Å². The molecule has 3 rings (SSSR count). The van der Waals surface area contributed by atoms with Gasteiger partial charge in [0.2, 0.25) is 22.9 Å². The number of carbonyl (C=O) groups excluding carboxylic acids is 1. The Morgan fingerprint density at radius 1 is 0.900 bits per heavy atom. The van der Waals surface area contributed by atoms with Crippen LogP contribution in [0.1, 0.15) is 10.4 Å². The second-order valence-corrected chi connectivity index (χ2v) is 5.08. The number of rotatable bonds is 3. The van der Waals surface area contributed by atoms with Crippen molar-refractivity contribution in [1.82, 2.24) is 0 Å². The molecule has 0 bridgehead atoms. The van der Waals surface area contributed by atoms with Crippen LogP contribution in [0.25, 0.3) is 10.9 Å². The summed E-state index contributed by atoms with van der Waals surface area (Å²) in [6, 6.07) is 21.3. The van der Waals surface area contributed by atoms with Crippen LogP contribution in [0.2, 0.25) is 0 Å². The van der Waals surface area contributed by atoms with Crippen LogP contribution in [-0.4, -0.2) is 5.78 Å². The number of pyridine rings is 1. The summed E-state index contributed by atoms with van der Waals surface area (Å²) in [6.07, 6.45) is 0. The zero-order valence-electron chi connectivity index (χ0n) is 10.9. The van der Waals surface area contributed by atoms with Gasteiger partial charge in [0, 0.05) is 23.1 Å². The second-order valence-electron chi connectivity index (χ2n) is 4.63. The van der Waals surface area contributed by atoms with Gasteiger partial charge in [-0.05, 0) is 12.1 Å². The Hall–Kier alpha value is -2.13. The summed E-state index contributed by atoms with van der Waals surface area (Å²) >= 11 is 4.47. The lowest BCUT2D eigenvalue weighted by Gasteiger charge is -2.04. The topological polar surface area (TPSA) is 20.9 Å². The fourth-order valence-corrected chi connectivity index (χ4v) is 2.53. The molecule has 0 spiro atoms. The number of benzene rings is 2. The minimum Gasteiger partial charge on any atom is -0.287 e. The third-order valence-electron chi connectivity index (χ3n) is 3.31. The first-order valence-corrected chi connectivity index (χ1v) is 6.89. The molecule has 0 saturated carbocycles. The molecule has 0 aliphatic rings. The molecule has 0 amide bonds. The van der Waals surface area contributed by atoms with Gasteiger partial charge in [0.25, 0.3) is 0 Å². The molecule has 0 saturated heterocycles. The maximum Gasteiger partial charge on any atom is 0.237 e. The van der Waals surface area contributed by atoms with Gasteiger partial charge in [0.15, 0.2) is 0 Å². The molecule has 2 nitrogen and oxygen atoms in total. The van der Waals surface area contributed by atoms with Crippen molar-refractivity contribution in [3.05, 3.63) is 72.3 Å². The quantitative estimate of drug-likeness (QED) is 0.443. The van der Waals surface area contributed by atoms with Crippen molar-refractivity contribution in [2.75, 3.05) is 0 Å². The summed E-state index contributed by atoms with van der Waals surface area (Å²) in [5.74, 6) is 0.0854. The monoisotopic (exact) mass is 280 g/mol. The fourth-order valence-electron chi connectivity index (χ4n) is 2.28. The van der Waals surface area contributed by atoms with Crippen LogP contribution in [-0.2, 0) is 6.54 Å². The maximum absolute atomic E-state index is 12.4. The van der Waals surface area contributed by atoms with E-state index in [0.717, 1.165) is 21.5 Å². The van der Waals surface area contributed by atoms with Crippen LogP contribution in [0.5, 0.6) is 0 Å². The van der Waals surface area contributed by atoms with Gasteiger partial charge in [0.1, 0.15) is 0 Å². The zero-order valence-corrected chi connectivity index (χ0v) is 11.8. The molecule has 0 aliphatic carbocycles. The third-order valence-corrected chi connectivity index (χ3v) is 3.70. The lowest BCUT2D eigenvalue weighted by Crippen LogP contribution is -2.40. The first-order valence-electron chi connectivity index (χ1n) is 6.44. The summed E-state index contributed by atoms with van der Waals surface area (Å²) in [5, 5.41) is 1.89. The van der Waals surface area contributed by atoms with Crippen LogP contribution in [0, 0.1) is 0 Å². The molecule has 0 radical (unpaired) electrons. The molecule has 20 heavy (non-hydrogen) atoms. The van der Waals surface area contributed by atoms with Gasteiger partial charge >= 0.3 is 0 Å². The first-order chi connectivity index (χ1) is 9.75. The Balaban J connectivity index is 2.03. The molecular formula is C17H14NOS+. The molecule has 0 fully saturated rings. The normalized spacial score (nSPS) is 10.7. The van der Waals surface area contributed by atoms with Crippen molar-refractivity contribution in [3.63, 3.8) is 0 Å². The lowest BCUT2D eigenvalue weighted by atomic mass is 10.1. The van der Waals surface area contributed by atoms with Gasteiger partial charge in [-0.15, -0.1) is 0 Å². The Morgan fingerprint density at radius 3 is 2.40 bits per heavy atom. The highest BCUT2D eigenvalue weighted by Gasteiger charge is 2.18. The highest BCUT2D eigenvalue weighted by molar-refractivity contribution is 7.80. The summed E-state index contributed by atoms with van der Waals surface area (Å²) in [5.41, 5.74) is 1.74. The third kappa shape index (κ3) is 2.45. The number of nitrogens with zero attached hydrogens (tertiary/aromatic N) is 1. The molecule has 2 aromatic carbocycles. The van der Waals surface area contributed by atoms with Gasteiger partial charge < -0.3 is 0 Å². The molecule has 1 heterocycles. The van der Waals surface area contributed by atoms with E-state index in [0.29, 0.717) is 6.54 Å². The first kappa shape index (κ1) is 12.9. The van der Waals surface area contributed by atoms with Gasteiger partial charge in [0.05, 0.1) is 0 Å². The molecule has 0 unspecified atom stereocenters. The van der Waals surface area contributed by atoms with Crippen molar-refractivity contribution in [1.29, 1.82) is 0 Å². The Labute approximate surface area is 123 Å². The van der Waals surface area contributed by atoms with Crippen molar-refractivity contribution in [2.24, 2.45) is 0 Å². The van der Waals surface area contributed by atoms with Crippen LogP contribution in [0.15, 0.2) is 71.8 Å². The van der Waals surface area contributed by atoms with E-state index >= 15 is 0 Å². The summed E-state index contributed by atoms with van der Waals surface area (Å²) in [6.45, 7) is 0.296. The molecule has 3 aromatic rings. The van der Waals surface area contributed by atoms with Crippen LogP contribution < -0.4 is 4.57 Å². The predicted molar refractivity (Wildman–Crippen MR) is 82.2 cm³/mol. The largest absolute Gasteiger partial charge is 0.287 e. The lowest BCUT2D eigenvalue weighted by molar-refractivity contribution is -0.694. The van der Waals surface area contributed by atoms with Crippen molar-refractivity contribution >= 4 is 29.3 Å². The molecule has 3 heteroatoms. The molecule has 1 aromatic heterocycles. The number of aromatic nitrogens is 1. The Bertz CT molecular complexity index is 768. The number of ketones is 1. The summed E-state index contributed by atoms with van der Waals surface area (Å²) in [4.78, 5) is 12.4. The van der Waals surface area contributed by atoms with E-state index in [1.54, 1.807) is 0 Å². The highest BCUT2D eigenvalue weighted by Crippen LogP contribution is 2.13. The second kappa shape index (κ2) is 5.47. The highest BCUT2D eigenvalue weighted by atomic mass is 32.1. The summed E-state index contributed by atoms with van der Waals surface area (Å²) < 4.78 is 1.94. The van der Waals surface area contributed by atoms with Gasteiger partial charge in [-0.25, -0.2) is 0 Å². The van der Waals surface area contributed by atoms with Crippen molar-refractivity contribution < 1.29 is 9.36 Å². The van der Waals surface area contributed by atoms with Gasteiger partial charge in [-0.1, -0.05) is 55.1 Å². The average molecular weight is 280 g/mol. The molecular weight excluding hydrogens is 266 g/mol. The molecule has 0 atom stereocenters. The van der Waals surface area contributed by atoms with Crippen LogP contribution in [0.3, 0.4) is 0 Å². The standard InChI is InChI=1S/C17H13NOS/c19-16(14-7-2-1-3-8-14)12-18-15-9-5-4-6-13(15)10-11-17(18)20/h1-11H,12H2/p+1. The van der Waals surface area contributed by atoms with Crippen LogP contribution in [0.4, 0.5) is 0 Å². The number of thiol groups is 1. The van der Waals surface area contributed by atoms with E-state index in [2.05, 4.69) is 12.6 Å². The minimum atomic E-state index is 0.0854. The number of hydrogen-bond donors (Lipinski definition) is 1. The zero-order chi connectivity index (χ0) is 13.9. The molecule has 0 N–H and O–H groups in total. The average Bonchev–Trinajstić information content (AvgIpc) is 2.51.